The smallest absolute Gasteiger partial charge is 0.0664 e. The summed E-state index contributed by atoms with van der Waals surface area (Å²) in [4.78, 5) is 0. The molecule has 2 aliphatic carbocycles. The highest BCUT2D eigenvalue weighted by Crippen LogP contribution is 2.58. The Hall–Kier alpha value is -0.510. The second kappa shape index (κ2) is 2.00. The van der Waals surface area contributed by atoms with Crippen LogP contribution in [0.15, 0.2) is 0 Å². The molecule has 0 saturated heterocycles. The van der Waals surface area contributed by atoms with Gasteiger partial charge in [-0.1, -0.05) is 13.8 Å². The molecule has 2 bridgehead atoms. The molecule has 0 aromatic carbocycles. The molecule has 0 aromatic heterocycles. The van der Waals surface area contributed by atoms with E-state index in [9.17, 15) is 0 Å². The third-order valence-corrected chi connectivity index (χ3v) is 3.94. The first kappa shape index (κ1) is 7.16. The van der Waals surface area contributed by atoms with Crippen molar-refractivity contribution in [1.29, 1.82) is 5.26 Å². The van der Waals surface area contributed by atoms with E-state index in [0.29, 0.717) is 11.3 Å². The van der Waals surface area contributed by atoms with Crippen molar-refractivity contribution in [2.24, 2.45) is 23.2 Å². The summed E-state index contributed by atoms with van der Waals surface area (Å²) in [6.45, 7) is 4.54. The molecule has 1 nitrogen and oxygen atoms in total. The van der Waals surface area contributed by atoms with Crippen molar-refractivity contribution >= 4 is 0 Å². The number of rotatable bonds is 0. The maximum absolute atomic E-state index is 8.97. The Labute approximate surface area is 68.4 Å². The van der Waals surface area contributed by atoms with E-state index in [0.717, 1.165) is 11.8 Å². The normalized spacial score (nSPS) is 45.7. The van der Waals surface area contributed by atoms with Crippen LogP contribution in [0.5, 0.6) is 0 Å². The molecule has 11 heavy (non-hydrogen) atoms. The first-order valence-electron chi connectivity index (χ1n) is 4.56. The average molecular weight is 149 g/mol. The van der Waals surface area contributed by atoms with Crippen molar-refractivity contribution in [2.75, 3.05) is 0 Å². The van der Waals surface area contributed by atoms with Gasteiger partial charge in [0.15, 0.2) is 0 Å². The molecule has 60 valence electrons. The second-order valence-electron chi connectivity index (χ2n) is 4.70. The van der Waals surface area contributed by atoms with Gasteiger partial charge in [0.2, 0.25) is 0 Å². The minimum atomic E-state index is 0.317. The summed E-state index contributed by atoms with van der Waals surface area (Å²) in [5, 5.41) is 8.97. The zero-order valence-corrected chi connectivity index (χ0v) is 7.30. The van der Waals surface area contributed by atoms with Crippen LogP contribution >= 0.6 is 0 Å². The standard InChI is InChI=1S/C10H15N/c1-10(2)8-4-3-7(5-8)9(10)6-11/h7-9H,3-5H2,1-2H3/t7-,8+,9-/m1/s1. The van der Waals surface area contributed by atoms with Crippen molar-refractivity contribution in [3.8, 4) is 6.07 Å². The highest BCUT2D eigenvalue weighted by molar-refractivity contribution is 5.09. The van der Waals surface area contributed by atoms with Gasteiger partial charge in [-0.15, -0.1) is 0 Å². The van der Waals surface area contributed by atoms with Crippen molar-refractivity contribution < 1.29 is 0 Å². The SMILES string of the molecule is CC1(C)[C@H]2CC[C@H](C2)[C@H]1C#N. The van der Waals surface area contributed by atoms with E-state index in [4.69, 9.17) is 5.26 Å². The Morgan fingerprint density at radius 2 is 2.09 bits per heavy atom. The van der Waals surface area contributed by atoms with Gasteiger partial charge in [-0.05, 0) is 36.5 Å². The van der Waals surface area contributed by atoms with Crippen LogP contribution in [0.4, 0.5) is 0 Å². The lowest BCUT2D eigenvalue weighted by molar-refractivity contribution is 0.164. The summed E-state index contributed by atoms with van der Waals surface area (Å²) in [5.74, 6) is 1.93. The van der Waals surface area contributed by atoms with E-state index in [1.807, 2.05) is 0 Å². The Kier molecular flexibility index (Phi) is 1.30. The zero-order valence-electron chi connectivity index (χ0n) is 7.30. The van der Waals surface area contributed by atoms with E-state index in [1.165, 1.54) is 19.3 Å². The maximum Gasteiger partial charge on any atom is 0.0664 e. The molecule has 0 heterocycles. The molecule has 0 aliphatic heterocycles. The van der Waals surface area contributed by atoms with Gasteiger partial charge in [-0.25, -0.2) is 0 Å². The quantitative estimate of drug-likeness (QED) is 0.519. The number of nitriles is 1. The molecule has 0 unspecified atom stereocenters. The van der Waals surface area contributed by atoms with Crippen LogP contribution in [0.1, 0.15) is 33.1 Å². The first-order valence-corrected chi connectivity index (χ1v) is 4.56. The molecule has 2 rings (SSSR count). The highest BCUT2D eigenvalue weighted by atomic mass is 14.6. The fourth-order valence-corrected chi connectivity index (χ4v) is 3.13. The Bertz CT molecular complexity index is 211. The summed E-state index contributed by atoms with van der Waals surface area (Å²) in [5.41, 5.74) is 0.317. The minimum Gasteiger partial charge on any atom is -0.198 e. The number of hydrogen-bond acceptors (Lipinski definition) is 1. The molecule has 3 atom stereocenters. The summed E-state index contributed by atoms with van der Waals surface area (Å²) in [6, 6.07) is 2.49. The van der Waals surface area contributed by atoms with Crippen molar-refractivity contribution in [3.63, 3.8) is 0 Å². The van der Waals surface area contributed by atoms with Gasteiger partial charge in [0, 0.05) is 0 Å². The summed E-state index contributed by atoms with van der Waals surface area (Å²) in [6.07, 6.45) is 4.01. The van der Waals surface area contributed by atoms with E-state index in [-0.39, 0.29) is 0 Å². The molecule has 0 aromatic rings. The lowest BCUT2D eigenvalue weighted by Gasteiger charge is -2.33. The highest BCUT2D eigenvalue weighted by Gasteiger charge is 2.52. The molecule has 2 fully saturated rings. The third-order valence-electron chi connectivity index (χ3n) is 3.94. The average Bonchev–Trinajstić information content (AvgIpc) is 2.44. The van der Waals surface area contributed by atoms with Crippen LogP contribution in [-0.4, -0.2) is 0 Å². The molecular weight excluding hydrogens is 134 g/mol. The van der Waals surface area contributed by atoms with Crippen molar-refractivity contribution in [3.05, 3.63) is 0 Å². The Balaban J connectivity index is 2.30. The van der Waals surface area contributed by atoms with Gasteiger partial charge in [0.05, 0.1) is 12.0 Å². The van der Waals surface area contributed by atoms with Crippen LogP contribution in [0, 0.1) is 34.5 Å². The van der Waals surface area contributed by atoms with E-state index < -0.39 is 0 Å². The molecule has 0 spiro atoms. The van der Waals surface area contributed by atoms with Crippen LogP contribution in [-0.2, 0) is 0 Å². The Morgan fingerprint density at radius 3 is 2.45 bits per heavy atom. The van der Waals surface area contributed by atoms with Crippen molar-refractivity contribution in [1.82, 2.24) is 0 Å². The second-order valence-corrected chi connectivity index (χ2v) is 4.70. The molecule has 1 heteroatoms. The summed E-state index contributed by atoms with van der Waals surface area (Å²) >= 11 is 0. The van der Waals surface area contributed by atoms with E-state index in [2.05, 4.69) is 19.9 Å². The fourth-order valence-electron chi connectivity index (χ4n) is 3.13. The lowest BCUT2D eigenvalue weighted by atomic mass is 9.69. The molecule has 0 N–H and O–H groups in total. The van der Waals surface area contributed by atoms with E-state index >= 15 is 0 Å². The van der Waals surface area contributed by atoms with Gasteiger partial charge >= 0.3 is 0 Å². The predicted octanol–water partition coefficient (Wildman–Crippen LogP) is 2.58. The molecule has 2 aliphatic rings. The number of nitrogens with zero attached hydrogens (tertiary/aromatic N) is 1. The van der Waals surface area contributed by atoms with Gasteiger partial charge in [0.1, 0.15) is 0 Å². The molecular formula is C10H15N. The van der Waals surface area contributed by atoms with Gasteiger partial charge < -0.3 is 0 Å². The number of fused-ring (bicyclic) bond motifs is 2. The third kappa shape index (κ3) is 0.759. The van der Waals surface area contributed by atoms with Crippen LogP contribution < -0.4 is 0 Å². The molecule has 2 saturated carbocycles. The van der Waals surface area contributed by atoms with Crippen molar-refractivity contribution in [2.45, 2.75) is 33.1 Å². The van der Waals surface area contributed by atoms with Gasteiger partial charge in [0.25, 0.3) is 0 Å². The summed E-state index contributed by atoms with van der Waals surface area (Å²) in [7, 11) is 0. The first-order chi connectivity index (χ1) is 5.16. The topological polar surface area (TPSA) is 23.8 Å². The van der Waals surface area contributed by atoms with Gasteiger partial charge in [-0.2, -0.15) is 5.26 Å². The maximum atomic E-state index is 8.97. The lowest BCUT2D eigenvalue weighted by Crippen LogP contribution is -2.29. The monoisotopic (exact) mass is 149 g/mol. The summed E-state index contributed by atoms with van der Waals surface area (Å²) < 4.78 is 0. The fraction of sp³-hybridized carbons (Fsp3) is 0.900. The zero-order chi connectivity index (χ0) is 8.06. The predicted molar refractivity (Wildman–Crippen MR) is 43.7 cm³/mol. The minimum absolute atomic E-state index is 0.317. The molecule has 0 amide bonds. The van der Waals surface area contributed by atoms with E-state index in [1.54, 1.807) is 0 Å². The van der Waals surface area contributed by atoms with Crippen LogP contribution in [0.25, 0.3) is 0 Å². The Morgan fingerprint density at radius 1 is 1.36 bits per heavy atom. The largest absolute Gasteiger partial charge is 0.198 e. The van der Waals surface area contributed by atoms with Crippen LogP contribution in [0.2, 0.25) is 0 Å². The number of hydrogen-bond donors (Lipinski definition) is 0. The molecule has 0 radical (unpaired) electrons. The van der Waals surface area contributed by atoms with Crippen LogP contribution in [0.3, 0.4) is 0 Å². The van der Waals surface area contributed by atoms with Gasteiger partial charge in [-0.3, -0.25) is 0 Å².